The highest BCUT2D eigenvalue weighted by atomic mass is 16.5. The molecule has 0 unspecified atom stereocenters. The molecule has 0 atom stereocenters. The van der Waals surface area contributed by atoms with Crippen LogP contribution in [0.1, 0.15) is 62.9 Å². The highest BCUT2D eigenvalue weighted by Gasteiger charge is 2.24. The van der Waals surface area contributed by atoms with E-state index in [0.29, 0.717) is 17.4 Å². The van der Waals surface area contributed by atoms with Gasteiger partial charge >= 0.3 is 5.97 Å². The quantitative estimate of drug-likeness (QED) is 0.463. The molecule has 0 bridgehead atoms. The maximum atomic E-state index is 11.2. The summed E-state index contributed by atoms with van der Waals surface area (Å²) in [7, 11) is 0. The molecule has 3 aromatic rings. The van der Waals surface area contributed by atoms with Gasteiger partial charge in [-0.1, -0.05) is 25.9 Å². The predicted octanol–water partition coefficient (Wildman–Crippen LogP) is 5.16. The van der Waals surface area contributed by atoms with Gasteiger partial charge < -0.3 is 14.5 Å². The highest BCUT2D eigenvalue weighted by molar-refractivity contribution is 5.70. The third-order valence-corrected chi connectivity index (χ3v) is 7.09. The molecule has 0 spiro atoms. The number of likely N-dealkylation sites (tertiary alicyclic amines) is 1. The Morgan fingerprint density at radius 2 is 1.81 bits per heavy atom. The summed E-state index contributed by atoms with van der Waals surface area (Å²) in [5.74, 6) is 0.161. The van der Waals surface area contributed by atoms with Gasteiger partial charge in [-0.3, -0.25) is 9.48 Å². The van der Waals surface area contributed by atoms with Gasteiger partial charge in [-0.2, -0.15) is 10.1 Å². The number of carbonyl (C=O) groups is 1. The van der Waals surface area contributed by atoms with Crippen LogP contribution in [-0.2, 0) is 24.2 Å². The molecule has 1 aliphatic heterocycles. The molecule has 194 valence electrons. The van der Waals surface area contributed by atoms with E-state index in [9.17, 15) is 9.90 Å². The Labute approximate surface area is 213 Å². The zero-order chi connectivity index (χ0) is 26.0. The normalized spacial score (nSPS) is 15.5. The Morgan fingerprint density at radius 1 is 1.14 bits per heavy atom. The predicted molar refractivity (Wildman–Crippen MR) is 140 cm³/mol. The minimum atomic E-state index is -0.661. The van der Waals surface area contributed by atoms with E-state index in [4.69, 9.17) is 9.62 Å². The summed E-state index contributed by atoms with van der Waals surface area (Å²) in [4.78, 5) is 18.3. The molecule has 0 saturated carbocycles. The molecule has 3 heterocycles. The molecule has 36 heavy (non-hydrogen) atoms. The monoisotopic (exact) mass is 493 g/mol. The number of aryl methyl sites for hydroxylation is 3. The Hall–Kier alpha value is -3.00. The van der Waals surface area contributed by atoms with Crippen molar-refractivity contribution in [2.75, 3.05) is 19.6 Å². The van der Waals surface area contributed by atoms with E-state index >= 15 is 0 Å². The van der Waals surface area contributed by atoms with Crippen molar-refractivity contribution in [2.24, 2.45) is 11.3 Å². The minimum absolute atomic E-state index is 0.163. The van der Waals surface area contributed by atoms with Gasteiger partial charge in [0, 0.05) is 24.3 Å². The van der Waals surface area contributed by atoms with Crippen LogP contribution in [0.5, 0.6) is 0 Å². The molecule has 1 fully saturated rings. The fourth-order valence-corrected chi connectivity index (χ4v) is 5.15. The summed E-state index contributed by atoms with van der Waals surface area (Å²) in [6.45, 7) is 16.5. The van der Waals surface area contributed by atoms with Crippen molar-refractivity contribution in [3.63, 3.8) is 0 Å². The highest BCUT2D eigenvalue weighted by Crippen LogP contribution is 2.28. The average molecular weight is 494 g/mol. The van der Waals surface area contributed by atoms with Gasteiger partial charge in [0.1, 0.15) is 0 Å². The van der Waals surface area contributed by atoms with Crippen molar-refractivity contribution in [1.29, 1.82) is 0 Å². The second-order valence-electron chi connectivity index (χ2n) is 11.3. The lowest BCUT2D eigenvalue weighted by Gasteiger charge is -2.30. The third-order valence-electron chi connectivity index (χ3n) is 7.09. The van der Waals surface area contributed by atoms with Gasteiger partial charge in [0.05, 0.1) is 5.92 Å². The molecule has 0 amide bonds. The standard InChI is InChI=1S/C28H39N5O3/c1-7-33-22(17-28(4,5)6)16-24(30-33)26-29-25(31-36-26)21-14-18(2)23(19(3)15-21)10-13-32-11-8-20(9-12-32)27(34)35/h14-16,20H,7-13,17H2,1-6H3,(H,34,35). The Balaban J connectivity index is 1.46. The fraction of sp³-hybridized carbons (Fsp3) is 0.571. The first-order chi connectivity index (χ1) is 17.0. The van der Waals surface area contributed by atoms with Gasteiger partial charge in [0.25, 0.3) is 5.89 Å². The number of hydrogen-bond acceptors (Lipinski definition) is 6. The first-order valence-electron chi connectivity index (χ1n) is 13.0. The van der Waals surface area contributed by atoms with Crippen LogP contribution in [-0.4, -0.2) is 55.5 Å². The van der Waals surface area contributed by atoms with Crippen molar-refractivity contribution >= 4 is 5.97 Å². The SMILES string of the molecule is CCn1nc(-c2nc(-c3cc(C)c(CCN4CCC(C(=O)O)CC4)c(C)c3)no2)cc1CC(C)(C)C. The zero-order valence-corrected chi connectivity index (χ0v) is 22.5. The molecule has 0 aliphatic carbocycles. The molecule has 2 aromatic heterocycles. The van der Waals surface area contributed by atoms with Crippen molar-refractivity contribution < 1.29 is 14.4 Å². The van der Waals surface area contributed by atoms with Crippen LogP contribution < -0.4 is 0 Å². The van der Waals surface area contributed by atoms with E-state index < -0.39 is 5.97 Å². The van der Waals surface area contributed by atoms with E-state index in [-0.39, 0.29) is 11.3 Å². The van der Waals surface area contributed by atoms with Gasteiger partial charge in [-0.05, 0) is 99.8 Å². The van der Waals surface area contributed by atoms with Crippen molar-refractivity contribution in [3.05, 3.63) is 40.6 Å². The molecule has 1 saturated heterocycles. The third kappa shape index (κ3) is 6.03. The number of carboxylic acid groups (broad SMARTS) is 1. The summed E-state index contributed by atoms with van der Waals surface area (Å²) < 4.78 is 7.64. The van der Waals surface area contributed by atoms with Crippen LogP contribution in [0.4, 0.5) is 0 Å². The molecule has 8 heteroatoms. The Kier molecular flexibility index (Phi) is 7.64. The second kappa shape index (κ2) is 10.5. The van der Waals surface area contributed by atoms with Gasteiger partial charge in [-0.15, -0.1) is 0 Å². The molecule has 8 nitrogen and oxygen atoms in total. The number of benzene rings is 1. The first-order valence-corrected chi connectivity index (χ1v) is 13.0. The van der Waals surface area contributed by atoms with Crippen LogP contribution in [0.25, 0.3) is 23.0 Å². The Morgan fingerprint density at radius 3 is 2.39 bits per heavy atom. The molecule has 1 aliphatic rings. The lowest BCUT2D eigenvalue weighted by molar-refractivity contribution is -0.143. The number of carboxylic acids is 1. The van der Waals surface area contributed by atoms with Crippen molar-refractivity contribution in [3.8, 4) is 23.0 Å². The van der Waals surface area contributed by atoms with E-state index in [2.05, 4.69) is 74.8 Å². The van der Waals surface area contributed by atoms with Crippen LogP contribution in [0, 0.1) is 25.2 Å². The number of hydrogen-bond donors (Lipinski definition) is 1. The number of piperidine rings is 1. The topological polar surface area (TPSA) is 97.3 Å². The van der Waals surface area contributed by atoms with Crippen LogP contribution in [0.2, 0.25) is 0 Å². The molecule has 4 rings (SSSR count). The van der Waals surface area contributed by atoms with E-state index in [1.165, 1.54) is 22.4 Å². The molecular formula is C28H39N5O3. The van der Waals surface area contributed by atoms with Crippen molar-refractivity contribution in [2.45, 2.75) is 73.8 Å². The minimum Gasteiger partial charge on any atom is -0.481 e. The zero-order valence-electron chi connectivity index (χ0n) is 22.5. The molecular weight excluding hydrogens is 454 g/mol. The lowest BCUT2D eigenvalue weighted by Crippen LogP contribution is -2.37. The number of nitrogens with zero attached hydrogens (tertiary/aromatic N) is 5. The molecule has 1 N–H and O–H groups in total. The van der Waals surface area contributed by atoms with E-state index in [1.54, 1.807) is 0 Å². The summed E-state index contributed by atoms with van der Waals surface area (Å²) in [5, 5.41) is 18.2. The molecule has 0 radical (unpaired) electrons. The Bertz CT molecular complexity index is 1190. The van der Waals surface area contributed by atoms with E-state index in [1.807, 2.05) is 4.68 Å². The van der Waals surface area contributed by atoms with Crippen LogP contribution in [0.3, 0.4) is 0 Å². The average Bonchev–Trinajstić information content (AvgIpc) is 3.45. The van der Waals surface area contributed by atoms with Gasteiger partial charge in [0.2, 0.25) is 5.82 Å². The first kappa shape index (κ1) is 26.1. The van der Waals surface area contributed by atoms with Crippen LogP contribution >= 0.6 is 0 Å². The fourth-order valence-electron chi connectivity index (χ4n) is 5.15. The smallest absolute Gasteiger partial charge is 0.306 e. The lowest BCUT2D eigenvalue weighted by atomic mass is 9.90. The van der Waals surface area contributed by atoms with Gasteiger partial charge in [0.15, 0.2) is 5.69 Å². The maximum absolute atomic E-state index is 11.2. The summed E-state index contributed by atoms with van der Waals surface area (Å²) >= 11 is 0. The number of aliphatic carboxylic acids is 1. The summed E-state index contributed by atoms with van der Waals surface area (Å²) in [6, 6.07) is 6.32. The molecule has 1 aromatic carbocycles. The number of aromatic nitrogens is 4. The van der Waals surface area contributed by atoms with Crippen LogP contribution in [0.15, 0.2) is 22.7 Å². The number of rotatable bonds is 8. The van der Waals surface area contributed by atoms with E-state index in [0.717, 1.165) is 57.4 Å². The van der Waals surface area contributed by atoms with Crippen molar-refractivity contribution in [1.82, 2.24) is 24.8 Å². The second-order valence-corrected chi connectivity index (χ2v) is 11.3. The summed E-state index contributed by atoms with van der Waals surface area (Å²) in [5.41, 5.74) is 6.73. The largest absolute Gasteiger partial charge is 0.481 e. The maximum Gasteiger partial charge on any atom is 0.306 e. The summed E-state index contributed by atoms with van der Waals surface area (Å²) in [6.07, 6.45) is 3.34. The van der Waals surface area contributed by atoms with Gasteiger partial charge in [-0.25, -0.2) is 0 Å².